The van der Waals surface area contributed by atoms with Crippen LogP contribution in [-0.2, 0) is 11.3 Å². The SMILES string of the molecule is COc1ccc(CO[C@@H](c2ccccc2)[C@@H](O)c2ccccc2)cc1. The molecule has 3 heteroatoms. The highest BCUT2D eigenvalue weighted by Gasteiger charge is 2.23. The monoisotopic (exact) mass is 334 g/mol. The van der Waals surface area contributed by atoms with E-state index in [1.165, 1.54) is 0 Å². The number of ether oxygens (including phenoxy) is 2. The summed E-state index contributed by atoms with van der Waals surface area (Å²) in [6, 6.07) is 27.2. The molecular formula is C22H22O3. The molecule has 3 aromatic carbocycles. The molecule has 25 heavy (non-hydrogen) atoms. The van der Waals surface area contributed by atoms with E-state index < -0.39 is 12.2 Å². The average Bonchev–Trinajstić information content (AvgIpc) is 2.70. The highest BCUT2D eigenvalue weighted by atomic mass is 16.5. The standard InChI is InChI=1S/C22H22O3/c1-24-20-14-12-17(13-15-20)16-25-22(19-10-6-3-7-11-19)21(23)18-8-4-2-5-9-18/h2-15,21-23H,16H2,1H3/t21-,22-/m0/s1. The topological polar surface area (TPSA) is 38.7 Å². The van der Waals surface area contributed by atoms with E-state index in [2.05, 4.69) is 0 Å². The minimum Gasteiger partial charge on any atom is -0.497 e. The Balaban J connectivity index is 1.79. The van der Waals surface area contributed by atoms with Gasteiger partial charge in [-0.1, -0.05) is 72.8 Å². The number of benzene rings is 3. The normalized spacial score (nSPS) is 13.2. The van der Waals surface area contributed by atoms with Crippen LogP contribution < -0.4 is 4.74 Å². The van der Waals surface area contributed by atoms with Crippen molar-refractivity contribution in [1.29, 1.82) is 0 Å². The van der Waals surface area contributed by atoms with Gasteiger partial charge in [-0.15, -0.1) is 0 Å². The average molecular weight is 334 g/mol. The second-order valence-electron chi connectivity index (χ2n) is 5.85. The quantitative estimate of drug-likeness (QED) is 0.681. The van der Waals surface area contributed by atoms with Crippen LogP contribution in [-0.4, -0.2) is 12.2 Å². The summed E-state index contributed by atoms with van der Waals surface area (Å²) in [5.41, 5.74) is 2.82. The third-order valence-corrected chi connectivity index (χ3v) is 4.14. The highest BCUT2D eigenvalue weighted by molar-refractivity contribution is 5.28. The van der Waals surface area contributed by atoms with Gasteiger partial charge in [-0.2, -0.15) is 0 Å². The Kier molecular flexibility index (Phi) is 5.83. The smallest absolute Gasteiger partial charge is 0.118 e. The summed E-state index contributed by atoms with van der Waals surface area (Å²) in [5, 5.41) is 10.8. The largest absolute Gasteiger partial charge is 0.497 e. The lowest BCUT2D eigenvalue weighted by Crippen LogP contribution is -2.14. The molecule has 0 fully saturated rings. The lowest BCUT2D eigenvalue weighted by atomic mass is 9.98. The third-order valence-electron chi connectivity index (χ3n) is 4.14. The molecule has 0 aliphatic rings. The van der Waals surface area contributed by atoms with Crippen molar-refractivity contribution in [2.45, 2.75) is 18.8 Å². The Morgan fingerprint density at radius 1 is 0.760 bits per heavy atom. The number of aliphatic hydroxyl groups is 1. The van der Waals surface area contributed by atoms with Crippen molar-refractivity contribution in [3.8, 4) is 5.75 Å². The molecule has 0 saturated heterocycles. The van der Waals surface area contributed by atoms with Crippen LogP contribution in [0.2, 0.25) is 0 Å². The fraction of sp³-hybridized carbons (Fsp3) is 0.182. The summed E-state index contributed by atoms with van der Waals surface area (Å²) in [5.74, 6) is 0.813. The Morgan fingerprint density at radius 3 is 1.88 bits per heavy atom. The van der Waals surface area contributed by atoms with Crippen LogP contribution in [0.1, 0.15) is 28.9 Å². The fourth-order valence-corrected chi connectivity index (χ4v) is 2.75. The molecule has 3 aromatic rings. The fourth-order valence-electron chi connectivity index (χ4n) is 2.75. The van der Waals surface area contributed by atoms with Crippen LogP contribution in [0.25, 0.3) is 0 Å². The Hall–Kier alpha value is -2.62. The Morgan fingerprint density at radius 2 is 1.32 bits per heavy atom. The molecule has 0 saturated carbocycles. The van der Waals surface area contributed by atoms with Crippen molar-refractivity contribution in [2.24, 2.45) is 0 Å². The van der Waals surface area contributed by atoms with Gasteiger partial charge in [0.2, 0.25) is 0 Å². The number of hydrogen-bond donors (Lipinski definition) is 1. The predicted octanol–water partition coefficient (Wildman–Crippen LogP) is 4.69. The first kappa shape index (κ1) is 17.2. The molecule has 128 valence electrons. The molecule has 0 aromatic heterocycles. The van der Waals surface area contributed by atoms with Crippen molar-refractivity contribution in [3.63, 3.8) is 0 Å². The molecule has 0 unspecified atom stereocenters. The maximum atomic E-state index is 10.8. The molecular weight excluding hydrogens is 312 g/mol. The highest BCUT2D eigenvalue weighted by Crippen LogP contribution is 2.32. The first-order valence-corrected chi connectivity index (χ1v) is 8.30. The summed E-state index contributed by atoms with van der Waals surface area (Å²) < 4.78 is 11.3. The lowest BCUT2D eigenvalue weighted by molar-refractivity contribution is -0.0498. The zero-order valence-electron chi connectivity index (χ0n) is 14.2. The first-order valence-electron chi connectivity index (χ1n) is 8.30. The van der Waals surface area contributed by atoms with E-state index in [0.29, 0.717) is 6.61 Å². The molecule has 0 aliphatic heterocycles. The summed E-state index contributed by atoms with van der Waals surface area (Å²) in [4.78, 5) is 0. The minimum atomic E-state index is -0.734. The molecule has 3 rings (SSSR count). The molecule has 2 atom stereocenters. The van der Waals surface area contributed by atoms with Gasteiger partial charge in [0.15, 0.2) is 0 Å². The third kappa shape index (κ3) is 4.47. The van der Waals surface area contributed by atoms with Gasteiger partial charge in [-0.25, -0.2) is 0 Å². The van der Waals surface area contributed by atoms with Gasteiger partial charge >= 0.3 is 0 Å². The molecule has 1 N–H and O–H groups in total. The van der Waals surface area contributed by atoms with E-state index >= 15 is 0 Å². The van der Waals surface area contributed by atoms with Crippen LogP contribution in [0, 0.1) is 0 Å². The van der Waals surface area contributed by atoms with Crippen molar-refractivity contribution >= 4 is 0 Å². The maximum Gasteiger partial charge on any atom is 0.118 e. The lowest BCUT2D eigenvalue weighted by Gasteiger charge is -2.24. The van der Waals surface area contributed by atoms with Crippen molar-refractivity contribution in [3.05, 3.63) is 102 Å². The summed E-state index contributed by atoms with van der Waals surface area (Å²) in [6.07, 6.45) is -1.17. The molecule has 0 bridgehead atoms. The van der Waals surface area contributed by atoms with Crippen LogP contribution in [0.15, 0.2) is 84.9 Å². The van der Waals surface area contributed by atoms with Crippen LogP contribution in [0.4, 0.5) is 0 Å². The van der Waals surface area contributed by atoms with Gasteiger partial charge in [0.05, 0.1) is 13.7 Å². The van der Waals surface area contributed by atoms with Crippen LogP contribution >= 0.6 is 0 Å². The zero-order valence-corrected chi connectivity index (χ0v) is 14.2. The number of methoxy groups -OCH3 is 1. The molecule has 0 radical (unpaired) electrons. The zero-order chi connectivity index (χ0) is 17.5. The molecule has 0 spiro atoms. The maximum absolute atomic E-state index is 10.8. The summed E-state index contributed by atoms with van der Waals surface area (Å²) >= 11 is 0. The second kappa shape index (κ2) is 8.47. The Labute approximate surface area is 148 Å². The van der Waals surface area contributed by atoms with Gasteiger partial charge in [-0.05, 0) is 28.8 Å². The number of rotatable bonds is 7. The van der Waals surface area contributed by atoms with Crippen molar-refractivity contribution < 1.29 is 14.6 Å². The van der Waals surface area contributed by atoms with Crippen LogP contribution in [0.3, 0.4) is 0 Å². The van der Waals surface area contributed by atoms with E-state index in [0.717, 1.165) is 22.4 Å². The first-order chi connectivity index (χ1) is 12.3. The molecule has 0 aliphatic carbocycles. The predicted molar refractivity (Wildman–Crippen MR) is 98.4 cm³/mol. The van der Waals surface area contributed by atoms with E-state index in [-0.39, 0.29) is 0 Å². The molecule has 0 amide bonds. The summed E-state index contributed by atoms with van der Waals surface area (Å²) in [7, 11) is 1.65. The van der Waals surface area contributed by atoms with E-state index in [1.807, 2.05) is 84.9 Å². The van der Waals surface area contributed by atoms with Gasteiger partial charge in [0.25, 0.3) is 0 Å². The minimum absolute atomic E-state index is 0.410. The molecule has 0 heterocycles. The van der Waals surface area contributed by atoms with E-state index in [1.54, 1.807) is 7.11 Å². The van der Waals surface area contributed by atoms with Gasteiger partial charge < -0.3 is 14.6 Å². The summed E-state index contributed by atoms with van der Waals surface area (Å²) in [6.45, 7) is 0.410. The van der Waals surface area contributed by atoms with E-state index in [4.69, 9.17) is 9.47 Å². The number of aliphatic hydroxyl groups excluding tert-OH is 1. The van der Waals surface area contributed by atoms with Gasteiger partial charge in [-0.3, -0.25) is 0 Å². The molecule has 3 nitrogen and oxygen atoms in total. The van der Waals surface area contributed by atoms with Gasteiger partial charge in [0, 0.05) is 0 Å². The second-order valence-corrected chi connectivity index (χ2v) is 5.85. The number of hydrogen-bond acceptors (Lipinski definition) is 3. The van der Waals surface area contributed by atoms with Crippen molar-refractivity contribution in [2.75, 3.05) is 7.11 Å². The Bertz CT molecular complexity index is 754. The van der Waals surface area contributed by atoms with Gasteiger partial charge in [0.1, 0.15) is 18.0 Å². The van der Waals surface area contributed by atoms with Crippen LogP contribution in [0.5, 0.6) is 5.75 Å². The van der Waals surface area contributed by atoms with Crippen molar-refractivity contribution in [1.82, 2.24) is 0 Å². The van der Waals surface area contributed by atoms with E-state index in [9.17, 15) is 5.11 Å².